The fraction of sp³-hybridized carbons (Fsp3) is 0.312. The second kappa shape index (κ2) is 7.27. The molecule has 20 heavy (non-hydrogen) atoms. The summed E-state index contributed by atoms with van der Waals surface area (Å²) in [5.41, 5.74) is 8.20. The molecular weight excluding hydrogens is 270 g/mol. The first-order valence-corrected chi connectivity index (χ1v) is 7.26. The van der Waals surface area contributed by atoms with Crippen LogP contribution in [0.5, 0.6) is 0 Å². The number of nitrogens with two attached hydrogens (primary N) is 1. The van der Waals surface area contributed by atoms with E-state index in [2.05, 4.69) is 41.5 Å². The Kier molecular flexibility index (Phi) is 5.39. The van der Waals surface area contributed by atoms with Gasteiger partial charge in [0.2, 0.25) is 0 Å². The number of hydrogen-bond donors (Lipinski definition) is 2. The first-order valence-electron chi connectivity index (χ1n) is 6.89. The van der Waals surface area contributed by atoms with Gasteiger partial charge in [-0.05, 0) is 36.6 Å². The molecule has 3 nitrogen and oxygen atoms in total. The molecule has 1 aromatic carbocycles. The molecular formula is C16H20ClN3. The van der Waals surface area contributed by atoms with E-state index < -0.39 is 0 Å². The van der Waals surface area contributed by atoms with Gasteiger partial charge in [-0.2, -0.15) is 0 Å². The predicted octanol–water partition coefficient (Wildman–Crippen LogP) is 3.60. The molecule has 1 heterocycles. The molecule has 2 rings (SSSR count). The Morgan fingerprint density at radius 2 is 2.05 bits per heavy atom. The highest BCUT2D eigenvalue weighted by molar-refractivity contribution is 6.30. The van der Waals surface area contributed by atoms with E-state index >= 15 is 0 Å². The fourth-order valence-corrected chi connectivity index (χ4v) is 2.49. The summed E-state index contributed by atoms with van der Waals surface area (Å²) in [6, 6.07) is 12.7. The molecule has 0 spiro atoms. The largest absolute Gasteiger partial charge is 0.383 e. The number of rotatable bonds is 6. The Bertz CT molecular complexity index is 543. The normalized spacial score (nSPS) is 12.3. The van der Waals surface area contributed by atoms with E-state index in [1.807, 2.05) is 12.1 Å². The van der Waals surface area contributed by atoms with Crippen LogP contribution in [0.3, 0.4) is 0 Å². The van der Waals surface area contributed by atoms with Crippen LogP contribution in [0, 0.1) is 0 Å². The molecule has 1 unspecified atom stereocenters. The molecule has 106 valence electrons. The van der Waals surface area contributed by atoms with E-state index in [1.165, 1.54) is 5.56 Å². The molecule has 3 N–H and O–H groups in total. The number of nitrogens with one attached hydrogen (secondary N) is 1. The quantitative estimate of drug-likeness (QED) is 0.854. The predicted molar refractivity (Wildman–Crippen MR) is 84.8 cm³/mol. The van der Waals surface area contributed by atoms with Crippen LogP contribution in [0.2, 0.25) is 5.02 Å². The maximum atomic E-state index is 5.98. The summed E-state index contributed by atoms with van der Waals surface area (Å²) < 4.78 is 0. The molecule has 0 aliphatic heterocycles. The molecule has 0 aliphatic rings. The van der Waals surface area contributed by atoms with Crippen molar-refractivity contribution in [3.8, 4) is 0 Å². The van der Waals surface area contributed by atoms with Crippen LogP contribution in [0.4, 0.5) is 5.82 Å². The Labute approximate surface area is 125 Å². The smallest absolute Gasteiger partial charge is 0.126 e. The van der Waals surface area contributed by atoms with Gasteiger partial charge in [0.15, 0.2) is 0 Å². The van der Waals surface area contributed by atoms with Crippen molar-refractivity contribution in [3.63, 3.8) is 0 Å². The third kappa shape index (κ3) is 3.95. The van der Waals surface area contributed by atoms with Crippen LogP contribution < -0.4 is 11.1 Å². The first-order chi connectivity index (χ1) is 9.70. The molecule has 2 aromatic rings. The zero-order chi connectivity index (χ0) is 14.4. The maximum Gasteiger partial charge on any atom is 0.126 e. The van der Waals surface area contributed by atoms with Gasteiger partial charge in [-0.25, -0.2) is 4.98 Å². The van der Waals surface area contributed by atoms with E-state index in [9.17, 15) is 0 Å². The Hall–Kier alpha value is -1.58. The Morgan fingerprint density at radius 3 is 2.75 bits per heavy atom. The molecule has 4 heteroatoms. The minimum Gasteiger partial charge on any atom is -0.383 e. The molecule has 0 bridgehead atoms. The standard InChI is InChI=1S/C16H20ClN3/c1-2-19-15(12-6-4-3-5-7-12)9-8-13-10-14(17)11-20-16(13)18/h3-7,10-11,15,19H,2,8-9H2,1H3,(H2,18,20). The van der Waals surface area contributed by atoms with E-state index in [0.717, 1.165) is 24.9 Å². The van der Waals surface area contributed by atoms with E-state index in [-0.39, 0.29) is 0 Å². The van der Waals surface area contributed by atoms with Crippen molar-refractivity contribution >= 4 is 17.4 Å². The van der Waals surface area contributed by atoms with E-state index in [4.69, 9.17) is 17.3 Å². The molecule has 1 atom stereocenters. The van der Waals surface area contributed by atoms with Gasteiger partial charge in [-0.1, -0.05) is 48.9 Å². The zero-order valence-electron chi connectivity index (χ0n) is 11.6. The molecule has 0 amide bonds. The lowest BCUT2D eigenvalue weighted by molar-refractivity contribution is 0.515. The lowest BCUT2D eigenvalue weighted by Crippen LogP contribution is -2.21. The number of nitrogen functional groups attached to an aromatic ring is 1. The zero-order valence-corrected chi connectivity index (χ0v) is 12.4. The Morgan fingerprint density at radius 1 is 1.30 bits per heavy atom. The molecule has 1 aromatic heterocycles. The number of nitrogens with zero attached hydrogens (tertiary/aromatic N) is 1. The lowest BCUT2D eigenvalue weighted by atomic mass is 9.99. The summed E-state index contributed by atoms with van der Waals surface area (Å²) in [4.78, 5) is 4.10. The van der Waals surface area contributed by atoms with Gasteiger partial charge in [0.1, 0.15) is 5.82 Å². The number of aromatic nitrogens is 1. The van der Waals surface area contributed by atoms with Crippen molar-refractivity contribution in [2.24, 2.45) is 0 Å². The highest BCUT2D eigenvalue weighted by Crippen LogP contribution is 2.22. The summed E-state index contributed by atoms with van der Waals surface area (Å²) in [7, 11) is 0. The molecule has 0 aliphatic carbocycles. The highest BCUT2D eigenvalue weighted by Gasteiger charge is 2.11. The van der Waals surface area contributed by atoms with Crippen LogP contribution in [0.15, 0.2) is 42.6 Å². The summed E-state index contributed by atoms with van der Waals surface area (Å²) >= 11 is 5.98. The Balaban J connectivity index is 2.07. The first kappa shape index (κ1) is 14.8. The SMILES string of the molecule is CCNC(CCc1cc(Cl)cnc1N)c1ccccc1. The second-order valence-electron chi connectivity index (χ2n) is 4.76. The van der Waals surface area contributed by atoms with Crippen molar-refractivity contribution in [1.29, 1.82) is 0 Å². The minimum atomic E-state index is 0.319. The number of halogens is 1. The second-order valence-corrected chi connectivity index (χ2v) is 5.19. The van der Waals surface area contributed by atoms with Gasteiger partial charge in [0.05, 0.1) is 5.02 Å². The van der Waals surface area contributed by atoms with Crippen molar-refractivity contribution < 1.29 is 0 Å². The van der Waals surface area contributed by atoms with E-state index in [1.54, 1.807) is 6.20 Å². The topological polar surface area (TPSA) is 50.9 Å². The van der Waals surface area contributed by atoms with Gasteiger partial charge in [-0.3, -0.25) is 0 Å². The number of anilines is 1. The molecule has 0 saturated carbocycles. The number of aryl methyl sites for hydroxylation is 1. The summed E-state index contributed by atoms with van der Waals surface area (Å²) in [5, 5.41) is 4.14. The fourth-order valence-electron chi connectivity index (χ4n) is 2.31. The minimum absolute atomic E-state index is 0.319. The monoisotopic (exact) mass is 289 g/mol. The van der Waals surface area contributed by atoms with Crippen LogP contribution in [0.25, 0.3) is 0 Å². The molecule has 0 fully saturated rings. The van der Waals surface area contributed by atoms with E-state index in [0.29, 0.717) is 16.9 Å². The average molecular weight is 290 g/mol. The summed E-state index contributed by atoms with van der Waals surface area (Å²) in [6.45, 7) is 3.05. The van der Waals surface area contributed by atoms with Gasteiger partial charge >= 0.3 is 0 Å². The van der Waals surface area contributed by atoms with Crippen molar-refractivity contribution in [1.82, 2.24) is 10.3 Å². The van der Waals surface area contributed by atoms with Crippen molar-refractivity contribution in [3.05, 3.63) is 58.7 Å². The summed E-state index contributed by atoms with van der Waals surface area (Å²) in [5.74, 6) is 0.567. The maximum absolute atomic E-state index is 5.98. The third-order valence-corrected chi connectivity index (χ3v) is 3.53. The summed E-state index contributed by atoms with van der Waals surface area (Å²) in [6.07, 6.45) is 3.40. The number of benzene rings is 1. The molecule has 0 saturated heterocycles. The van der Waals surface area contributed by atoms with Crippen LogP contribution in [0.1, 0.15) is 30.5 Å². The lowest BCUT2D eigenvalue weighted by Gasteiger charge is -2.18. The van der Waals surface area contributed by atoms with Gasteiger partial charge in [-0.15, -0.1) is 0 Å². The van der Waals surface area contributed by atoms with Gasteiger partial charge in [0, 0.05) is 12.2 Å². The van der Waals surface area contributed by atoms with Crippen molar-refractivity contribution in [2.75, 3.05) is 12.3 Å². The van der Waals surface area contributed by atoms with Crippen molar-refractivity contribution in [2.45, 2.75) is 25.8 Å². The van der Waals surface area contributed by atoms with Crippen LogP contribution in [-0.2, 0) is 6.42 Å². The van der Waals surface area contributed by atoms with Crippen LogP contribution in [-0.4, -0.2) is 11.5 Å². The molecule has 0 radical (unpaired) electrons. The average Bonchev–Trinajstić information content (AvgIpc) is 2.47. The van der Waals surface area contributed by atoms with Gasteiger partial charge < -0.3 is 11.1 Å². The highest BCUT2D eigenvalue weighted by atomic mass is 35.5. The van der Waals surface area contributed by atoms with Gasteiger partial charge in [0.25, 0.3) is 0 Å². The number of pyridine rings is 1. The third-order valence-electron chi connectivity index (χ3n) is 3.32. The van der Waals surface area contributed by atoms with Crippen LogP contribution >= 0.6 is 11.6 Å². The number of hydrogen-bond acceptors (Lipinski definition) is 3.